The second-order valence-corrected chi connectivity index (χ2v) is 2.63. The van der Waals surface area contributed by atoms with Gasteiger partial charge in [0.15, 0.2) is 0 Å². The van der Waals surface area contributed by atoms with Crippen molar-refractivity contribution in [2.24, 2.45) is 0 Å². The number of aromatic nitrogens is 3. The Morgan fingerprint density at radius 2 is 2.46 bits per heavy atom. The van der Waals surface area contributed by atoms with Crippen molar-refractivity contribution in [3.05, 3.63) is 18.5 Å². The van der Waals surface area contributed by atoms with Gasteiger partial charge in [-0.15, -0.1) is 0 Å². The van der Waals surface area contributed by atoms with Gasteiger partial charge in [-0.3, -0.25) is 4.68 Å². The lowest BCUT2D eigenvalue weighted by Gasteiger charge is -1.99. The first-order valence-corrected chi connectivity index (χ1v) is 3.82. The van der Waals surface area contributed by atoms with Crippen molar-refractivity contribution in [1.82, 2.24) is 14.8 Å². The lowest BCUT2D eigenvalue weighted by Crippen LogP contribution is -2.03. The first-order chi connectivity index (χ1) is 6.33. The number of nitrogens with zero attached hydrogens (tertiary/aromatic N) is 3. The first-order valence-electron chi connectivity index (χ1n) is 3.82. The van der Waals surface area contributed by atoms with E-state index >= 15 is 0 Å². The Bertz CT molecular complexity index is 448. The summed E-state index contributed by atoms with van der Waals surface area (Å²) < 4.78 is 1.53. The quantitative estimate of drug-likeness (QED) is 0.664. The fourth-order valence-corrected chi connectivity index (χ4v) is 1.27. The van der Waals surface area contributed by atoms with Crippen LogP contribution >= 0.6 is 0 Å². The number of hydrogen-bond donors (Lipinski definition) is 1. The van der Waals surface area contributed by atoms with Crippen LogP contribution in [-0.4, -0.2) is 21.1 Å². The van der Waals surface area contributed by atoms with Gasteiger partial charge in [0.25, 0.3) is 0 Å². The Morgan fingerprint density at radius 3 is 3.23 bits per heavy atom. The Balaban J connectivity index is 2.70. The smallest absolute Gasteiger partial charge is 0.149 e. The molecule has 0 radical (unpaired) electrons. The summed E-state index contributed by atoms with van der Waals surface area (Å²) in [5.74, 6) is 0.400. The van der Waals surface area contributed by atoms with Gasteiger partial charge in [-0.2, -0.15) is 5.10 Å². The second-order valence-electron chi connectivity index (χ2n) is 2.63. The highest BCUT2D eigenvalue weighted by Gasteiger charge is 2.05. The van der Waals surface area contributed by atoms with Gasteiger partial charge in [-0.25, -0.2) is 4.98 Å². The molecule has 66 valence electrons. The minimum Gasteiger partial charge on any atom is -0.382 e. The number of anilines is 1. The fraction of sp³-hybridized carbons (Fsp3) is 0.125. The van der Waals surface area contributed by atoms with Crippen molar-refractivity contribution in [2.45, 2.75) is 6.54 Å². The second kappa shape index (κ2) is 2.85. The van der Waals surface area contributed by atoms with Gasteiger partial charge >= 0.3 is 0 Å². The van der Waals surface area contributed by atoms with Crippen LogP contribution in [-0.2, 0) is 11.3 Å². The van der Waals surface area contributed by atoms with Gasteiger partial charge in [0.05, 0.1) is 12.7 Å². The van der Waals surface area contributed by atoms with E-state index in [2.05, 4.69) is 10.1 Å². The van der Waals surface area contributed by atoms with Crippen LogP contribution in [0.1, 0.15) is 0 Å². The van der Waals surface area contributed by atoms with Crippen molar-refractivity contribution in [3.63, 3.8) is 0 Å². The van der Waals surface area contributed by atoms with E-state index in [4.69, 9.17) is 5.73 Å². The molecule has 0 amide bonds. The minimum atomic E-state index is 0.208. The molecule has 0 aromatic carbocycles. The maximum absolute atomic E-state index is 10.3. The fourth-order valence-electron chi connectivity index (χ4n) is 1.27. The molecule has 0 aliphatic heterocycles. The van der Waals surface area contributed by atoms with Crippen LogP contribution in [0.3, 0.4) is 0 Å². The molecule has 0 unspecified atom stereocenters. The molecule has 0 aliphatic carbocycles. The third-order valence-electron chi connectivity index (χ3n) is 1.83. The molecular weight excluding hydrogens is 168 g/mol. The minimum absolute atomic E-state index is 0.208. The number of carbonyl (C=O) groups is 1. The van der Waals surface area contributed by atoms with Gasteiger partial charge < -0.3 is 10.5 Å². The molecule has 2 heterocycles. The zero-order valence-electron chi connectivity index (χ0n) is 6.84. The lowest BCUT2D eigenvalue weighted by molar-refractivity contribution is -0.108. The number of pyridine rings is 1. The average molecular weight is 176 g/mol. The highest BCUT2D eigenvalue weighted by Crippen LogP contribution is 2.17. The molecule has 13 heavy (non-hydrogen) atoms. The third-order valence-corrected chi connectivity index (χ3v) is 1.83. The van der Waals surface area contributed by atoms with E-state index in [-0.39, 0.29) is 6.54 Å². The third kappa shape index (κ3) is 1.14. The number of nitrogens with two attached hydrogens (primary N) is 1. The SMILES string of the molecule is Nc1nccc2cnn(CC=O)c12. The van der Waals surface area contributed by atoms with E-state index in [1.54, 1.807) is 18.5 Å². The molecular formula is C8H8N4O. The highest BCUT2D eigenvalue weighted by atomic mass is 16.1. The van der Waals surface area contributed by atoms with E-state index in [1.165, 1.54) is 4.68 Å². The van der Waals surface area contributed by atoms with Crippen molar-refractivity contribution >= 4 is 23.0 Å². The monoisotopic (exact) mass is 176 g/mol. The molecule has 0 atom stereocenters. The summed E-state index contributed by atoms with van der Waals surface area (Å²) in [4.78, 5) is 14.2. The maximum Gasteiger partial charge on any atom is 0.149 e. The zero-order chi connectivity index (χ0) is 9.26. The summed E-state index contributed by atoms with van der Waals surface area (Å²) >= 11 is 0. The standard InChI is InChI=1S/C8H8N4O/c9-8-7-6(1-2-10-8)5-11-12(7)3-4-13/h1-2,4-5H,3H2,(H2,9,10). The number of fused-ring (bicyclic) bond motifs is 1. The molecule has 2 aromatic heterocycles. The van der Waals surface area contributed by atoms with Crippen molar-refractivity contribution in [2.75, 3.05) is 5.73 Å². The summed E-state index contributed by atoms with van der Waals surface area (Å²) in [5, 5.41) is 4.91. The van der Waals surface area contributed by atoms with Crippen molar-refractivity contribution in [1.29, 1.82) is 0 Å². The molecule has 2 aromatic rings. The molecule has 0 spiro atoms. The Hall–Kier alpha value is -1.91. The Labute approximate surface area is 74.2 Å². The number of aldehydes is 1. The summed E-state index contributed by atoms with van der Waals surface area (Å²) in [6.07, 6.45) is 4.06. The normalized spacial score (nSPS) is 10.5. The van der Waals surface area contributed by atoms with E-state index < -0.39 is 0 Å². The molecule has 5 nitrogen and oxygen atoms in total. The van der Waals surface area contributed by atoms with Crippen LogP contribution in [0.4, 0.5) is 5.82 Å². The first kappa shape index (κ1) is 7.72. The van der Waals surface area contributed by atoms with Crippen LogP contribution in [0.25, 0.3) is 10.9 Å². The summed E-state index contributed by atoms with van der Waals surface area (Å²) in [5.41, 5.74) is 6.36. The van der Waals surface area contributed by atoms with Crippen molar-refractivity contribution < 1.29 is 4.79 Å². The van der Waals surface area contributed by atoms with Gasteiger partial charge in [0, 0.05) is 11.6 Å². The number of carbonyl (C=O) groups excluding carboxylic acids is 1. The maximum atomic E-state index is 10.3. The molecule has 5 heteroatoms. The molecule has 0 saturated carbocycles. The molecule has 0 bridgehead atoms. The topological polar surface area (TPSA) is 73.8 Å². The van der Waals surface area contributed by atoms with Gasteiger partial charge in [-0.05, 0) is 6.07 Å². The highest BCUT2D eigenvalue weighted by molar-refractivity contribution is 5.87. The van der Waals surface area contributed by atoms with Crippen LogP contribution in [0.5, 0.6) is 0 Å². The Kier molecular flexibility index (Phi) is 1.70. The predicted molar refractivity (Wildman–Crippen MR) is 48.0 cm³/mol. The number of hydrogen-bond acceptors (Lipinski definition) is 4. The van der Waals surface area contributed by atoms with Crippen LogP contribution in [0.2, 0.25) is 0 Å². The van der Waals surface area contributed by atoms with Crippen LogP contribution in [0.15, 0.2) is 18.5 Å². The lowest BCUT2D eigenvalue weighted by atomic mass is 10.3. The van der Waals surface area contributed by atoms with E-state index in [9.17, 15) is 4.79 Å². The Morgan fingerprint density at radius 1 is 1.62 bits per heavy atom. The molecule has 0 saturated heterocycles. The molecule has 2 N–H and O–H groups in total. The average Bonchev–Trinajstić information content (AvgIpc) is 2.51. The van der Waals surface area contributed by atoms with E-state index in [0.717, 1.165) is 17.2 Å². The van der Waals surface area contributed by atoms with Crippen LogP contribution < -0.4 is 5.73 Å². The summed E-state index contributed by atoms with van der Waals surface area (Å²) in [6, 6.07) is 1.81. The molecule has 2 rings (SSSR count). The zero-order valence-corrected chi connectivity index (χ0v) is 6.84. The van der Waals surface area contributed by atoms with Gasteiger partial charge in [0.1, 0.15) is 17.6 Å². The van der Waals surface area contributed by atoms with Gasteiger partial charge in [0.2, 0.25) is 0 Å². The number of nitrogen functional groups attached to an aromatic ring is 1. The number of rotatable bonds is 2. The van der Waals surface area contributed by atoms with E-state index in [0.29, 0.717) is 5.82 Å². The summed E-state index contributed by atoms with van der Waals surface area (Å²) in [7, 11) is 0. The van der Waals surface area contributed by atoms with Gasteiger partial charge in [-0.1, -0.05) is 0 Å². The largest absolute Gasteiger partial charge is 0.382 e. The molecule has 0 fully saturated rings. The summed E-state index contributed by atoms with van der Waals surface area (Å²) in [6.45, 7) is 0.208. The predicted octanol–water partition coefficient (Wildman–Crippen LogP) is 0.212. The molecule has 0 aliphatic rings. The van der Waals surface area contributed by atoms with Crippen LogP contribution in [0, 0.1) is 0 Å². The van der Waals surface area contributed by atoms with Crippen molar-refractivity contribution in [3.8, 4) is 0 Å². The van der Waals surface area contributed by atoms with E-state index in [1.807, 2.05) is 0 Å².